The zero-order chi connectivity index (χ0) is 16.8. The lowest BCUT2D eigenvalue weighted by Gasteiger charge is -2.03. The third kappa shape index (κ3) is 2.84. The Kier molecular flexibility index (Phi) is 3.90. The molecule has 0 aliphatic rings. The van der Waals surface area contributed by atoms with Gasteiger partial charge in [-0.1, -0.05) is 35.1 Å². The smallest absolute Gasteiger partial charge is 0.285 e. The summed E-state index contributed by atoms with van der Waals surface area (Å²) in [4.78, 5) is 0.697. The first-order valence-corrected chi connectivity index (χ1v) is 9.48. The highest BCUT2D eigenvalue weighted by Crippen LogP contribution is 2.23. The molecule has 0 saturated heterocycles. The molecule has 0 atom stereocenters. The van der Waals surface area contributed by atoms with Crippen molar-refractivity contribution in [3.05, 3.63) is 57.9 Å². The van der Waals surface area contributed by atoms with Crippen molar-refractivity contribution in [3.8, 4) is 0 Å². The van der Waals surface area contributed by atoms with Gasteiger partial charge in [-0.25, -0.2) is 0 Å². The average molecular weight is 346 g/mol. The quantitative estimate of drug-likeness (QED) is 0.713. The van der Waals surface area contributed by atoms with Gasteiger partial charge in [0.05, 0.1) is 15.1 Å². The second kappa shape index (κ2) is 5.62. The molecule has 4 nitrogen and oxygen atoms in total. The maximum Gasteiger partial charge on any atom is 0.285 e. The lowest BCUT2D eigenvalue weighted by molar-refractivity contribution is 0.596. The molecule has 0 spiro atoms. The number of sulfonamides is 1. The third-order valence-corrected chi connectivity index (χ3v) is 6.50. The van der Waals surface area contributed by atoms with Crippen molar-refractivity contribution in [2.45, 2.75) is 25.7 Å². The molecule has 6 heteroatoms. The fraction of sp³-hybridized carbons (Fsp3) is 0.235. The molecule has 3 rings (SSSR count). The summed E-state index contributed by atoms with van der Waals surface area (Å²) in [6, 6.07) is 10.8. The number of aromatic nitrogens is 1. The van der Waals surface area contributed by atoms with E-state index in [0.29, 0.717) is 4.80 Å². The molecule has 0 bridgehead atoms. The summed E-state index contributed by atoms with van der Waals surface area (Å²) < 4.78 is 32.0. The van der Waals surface area contributed by atoms with E-state index in [2.05, 4.69) is 4.40 Å². The van der Waals surface area contributed by atoms with E-state index in [1.165, 1.54) is 16.9 Å². The molecule has 0 N–H and O–H groups in total. The molecule has 0 aliphatic heterocycles. The highest BCUT2D eigenvalue weighted by atomic mass is 32.2. The van der Waals surface area contributed by atoms with Crippen LogP contribution in [-0.2, 0) is 17.1 Å². The van der Waals surface area contributed by atoms with E-state index in [4.69, 9.17) is 0 Å². The first-order valence-electron chi connectivity index (χ1n) is 7.23. The van der Waals surface area contributed by atoms with Gasteiger partial charge in [-0.3, -0.25) is 0 Å². The van der Waals surface area contributed by atoms with Crippen molar-refractivity contribution < 1.29 is 8.42 Å². The minimum Gasteiger partial charge on any atom is -0.319 e. The van der Waals surface area contributed by atoms with E-state index in [1.807, 2.05) is 44.5 Å². The van der Waals surface area contributed by atoms with Crippen LogP contribution in [-0.4, -0.2) is 13.0 Å². The lowest BCUT2D eigenvalue weighted by atomic mass is 10.1. The van der Waals surface area contributed by atoms with Gasteiger partial charge in [-0.15, -0.1) is 4.40 Å². The Morgan fingerprint density at radius 1 is 1.00 bits per heavy atom. The summed E-state index contributed by atoms with van der Waals surface area (Å²) in [6.07, 6.45) is 0. The Morgan fingerprint density at radius 2 is 1.65 bits per heavy atom. The van der Waals surface area contributed by atoms with E-state index in [0.717, 1.165) is 21.3 Å². The van der Waals surface area contributed by atoms with Crippen LogP contribution in [0.3, 0.4) is 0 Å². The molecular formula is C17H18N2O2S2. The van der Waals surface area contributed by atoms with Crippen molar-refractivity contribution in [1.82, 2.24) is 4.57 Å². The molecule has 1 heterocycles. The van der Waals surface area contributed by atoms with E-state index in [9.17, 15) is 8.42 Å². The van der Waals surface area contributed by atoms with Crippen molar-refractivity contribution >= 4 is 31.6 Å². The standard InChI is InChI=1S/C17H18N2O2S2/c1-11-5-8-14(9-6-11)23(20,21)18-17-19(4)16-13(3)12(2)7-10-15(16)22-17/h5-10H,1-4H3/b18-17-. The van der Waals surface area contributed by atoms with Crippen LogP contribution in [0.25, 0.3) is 10.2 Å². The van der Waals surface area contributed by atoms with E-state index in [1.54, 1.807) is 24.3 Å². The van der Waals surface area contributed by atoms with Gasteiger partial charge in [0.2, 0.25) is 4.80 Å². The number of benzene rings is 2. The monoisotopic (exact) mass is 346 g/mol. The molecule has 0 saturated carbocycles. The number of aryl methyl sites for hydroxylation is 4. The predicted octanol–water partition coefficient (Wildman–Crippen LogP) is 3.45. The zero-order valence-corrected chi connectivity index (χ0v) is 15.1. The first-order chi connectivity index (χ1) is 10.8. The minimum atomic E-state index is -3.71. The average Bonchev–Trinajstić information content (AvgIpc) is 2.80. The Balaban J connectivity index is 2.23. The number of thiazole rings is 1. The van der Waals surface area contributed by atoms with Crippen molar-refractivity contribution in [2.75, 3.05) is 0 Å². The van der Waals surface area contributed by atoms with Crippen LogP contribution in [0, 0.1) is 20.8 Å². The summed E-state index contributed by atoms with van der Waals surface area (Å²) in [6.45, 7) is 6.01. The summed E-state index contributed by atoms with van der Waals surface area (Å²) in [5.41, 5.74) is 4.38. The molecule has 3 aromatic rings. The molecular weight excluding hydrogens is 328 g/mol. The predicted molar refractivity (Wildman–Crippen MR) is 94.2 cm³/mol. The van der Waals surface area contributed by atoms with Gasteiger partial charge < -0.3 is 4.57 Å². The molecule has 23 heavy (non-hydrogen) atoms. The van der Waals surface area contributed by atoms with Crippen LogP contribution < -0.4 is 4.80 Å². The van der Waals surface area contributed by atoms with Crippen LogP contribution in [0.5, 0.6) is 0 Å². The molecule has 0 unspecified atom stereocenters. The summed E-state index contributed by atoms with van der Waals surface area (Å²) in [5.74, 6) is 0. The molecule has 0 fully saturated rings. The van der Waals surface area contributed by atoms with Crippen LogP contribution in [0.1, 0.15) is 16.7 Å². The fourth-order valence-electron chi connectivity index (χ4n) is 2.48. The summed E-state index contributed by atoms with van der Waals surface area (Å²) >= 11 is 1.39. The number of nitrogens with zero attached hydrogens (tertiary/aromatic N) is 2. The lowest BCUT2D eigenvalue weighted by Crippen LogP contribution is -2.14. The molecule has 0 amide bonds. The first kappa shape index (κ1) is 16.0. The Labute approximate surface area is 139 Å². The normalized spacial score (nSPS) is 13.0. The van der Waals surface area contributed by atoms with E-state index >= 15 is 0 Å². The molecule has 1 aromatic heterocycles. The van der Waals surface area contributed by atoms with E-state index in [-0.39, 0.29) is 4.90 Å². The van der Waals surface area contributed by atoms with Gasteiger partial charge in [0, 0.05) is 7.05 Å². The molecule has 0 aliphatic carbocycles. The van der Waals surface area contributed by atoms with Gasteiger partial charge in [0.15, 0.2) is 0 Å². The number of hydrogen-bond donors (Lipinski definition) is 0. The Hall–Kier alpha value is -1.92. The summed E-state index contributed by atoms with van der Waals surface area (Å²) in [5, 5.41) is 0. The van der Waals surface area contributed by atoms with Gasteiger partial charge in [0.1, 0.15) is 0 Å². The van der Waals surface area contributed by atoms with Gasteiger partial charge in [0.25, 0.3) is 10.0 Å². The number of rotatable bonds is 2. The Bertz CT molecular complexity index is 1060. The SMILES string of the molecule is Cc1ccc(S(=O)(=O)/N=c2\sc3ccc(C)c(C)c3n2C)cc1. The summed E-state index contributed by atoms with van der Waals surface area (Å²) in [7, 11) is -1.85. The zero-order valence-electron chi connectivity index (χ0n) is 13.5. The Morgan fingerprint density at radius 3 is 2.30 bits per heavy atom. The maximum absolute atomic E-state index is 12.5. The highest BCUT2D eigenvalue weighted by molar-refractivity contribution is 7.90. The fourth-order valence-corrected chi connectivity index (χ4v) is 4.79. The molecule has 120 valence electrons. The number of fused-ring (bicyclic) bond motifs is 1. The van der Waals surface area contributed by atoms with Crippen molar-refractivity contribution in [2.24, 2.45) is 11.4 Å². The maximum atomic E-state index is 12.5. The number of hydrogen-bond acceptors (Lipinski definition) is 3. The topological polar surface area (TPSA) is 51.4 Å². The largest absolute Gasteiger partial charge is 0.319 e. The van der Waals surface area contributed by atoms with Gasteiger partial charge in [-0.2, -0.15) is 8.42 Å². The second-order valence-electron chi connectivity index (χ2n) is 5.68. The second-order valence-corrected chi connectivity index (χ2v) is 8.29. The van der Waals surface area contributed by atoms with Crippen molar-refractivity contribution in [3.63, 3.8) is 0 Å². The van der Waals surface area contributed by atoms with Crippen LogP contribution in [0.2, 0.25) is 0 Å². The van der Waals surface area contributed by atoms with E-state index < -0.39 is 10.0 Å². The molecule has 2 aromatic carbocycles. The molecule has 0 radical (unpaired) electrons. The third-order valence-electron chi connectivity index (χ3n) is 4.01. The van der Waals surface area contributed by atoms with Crippen molar-refractivity contribution in [1.29, 1.82) is 0 Å². The van der Waals surface area contributed by atoms with Crippen LogP contribution in [0.15, 0.2) is 45.7 Å². The van der Waals surface area contributed by atoms with Crippen LogP contribution >= 0.6 is 11.3 Å². The van der Waals surface area contributed by atoms with Crippen LogP contribution in [0.4, 0.5) is 0 Å². The highest BCUT2D eigenvalue weighted by Gasteiger charge is 2.14. The minimum absolute atomic E-state index is 0.216. The van der Waals surface area contributed by atoms with Gasteiger partial charge >= 0.3 is 0 Å². The van der Waals surface area contributed by atoms with Gasteiger partial charge in [-0.05, 0) is 50.1 Å².